The molecule has 2 amide bonds. The number of ether oxygens (including phenoxy) is 1. The first kappa shape index (κ1) is 17.9. The summed E-state index contributed by atoms with van der Waals surface area (Å²) in [5.41, 5.74) is 0.707. The lowest BCUT2D eigenvalue weighted by Gasteiger charge is -2.33. The lowest BCUT2D eigenvalue weighted by molar-refractivity contribution is 0.189. The number of amides is 2. The molecule has 2 aliphatic rings. The molecule has 0 spiro atoms. The fraction of sp³-hybridized carbons (Fsp3) is 0.524. The molecule has 27 heavy (non-hydrogen) atoms. The number of para-hydroxylation sites is 2. The molecule has 1 aromatic heterocycles. The number of anilines is 1. The molecule has 4 rings (SSSR count). The molecule has 2 heterocycles. The van der Waals surface area contributed by atoms with E-state index in [4.69, 9.17) is 4.74 Å². The van der Waals surface area contributed by atoms with Gasteiger partial charge in [0.05, 0.1) is 12.8 Å². The molecule has 1 saturated heterocycles. The van der Waals surface area contributed by atoms with Crippen LogP contribution >= 0.6 is 0 Å². The van der Waals surface area contributed by atoms with Crippen LogP contribution < -0.4 is 10.1 Å². The zero-order valence-corrected chi connectivity index (χ0v) is 15.9. The van der Waals surface area contributed by atoms with Gasteiger partial charge < -0.3 is 19.5 Å². The molecule has 144 valence electrons. The van der Waals surface area contributed by atoms with E-state index in [9.17, 15) is 4.79 Å². The second-order valence-corrected chi connectivity index (χ2v) is 7.65. The van der Waals surface area contributed by atoms with Crippen LogP contribution in [0.15, 0.2) is 36.7 Å². The Kier molecular flexibility index (Phi) is 5.32. The van der Waals surface area contributed by atoms with E-state index in [0.29, 0.717) is 23.9 Å². The van der Waals surface area contributed by atoms with Crippen molar-refractivity contribution in [2.45, 2.75) is 44.6 Å². The highest BCUT2D eigenvalue weighted by atomic mass is 16.5. The average molecular weight is 368 g/mol. The van der Waals surface area contributed by atoms with Gasteiger partial charge in [0, 0.05) is 37.9 Å². The largest absolute Gasteiger partial charge is 0.495 e. The van der Waals surface area contributed by atoms with Crippen molar-refractivity contribution in [1.29, 1.82) is 0 Å². The highest BCUT2D eigenvalue weighted by Crippen LogP contribution is 2.31. The summed E-state index contributed by atoms with van der Waals surface area (Å²) in [5.74, 6) is 2.91. The molecular formula is C21H28N4O2. The summed E-state index contributed by atoms with van der Waals surface area (Å²) in [6.07, 6.45) is 10.1. The monoisotopic (exact) mass is 368 g/mol. The molecule has 6 nitrogen and oxygen atoms in total. The summed E-state index contributed by atoms with van der Waals surface area (Å²) in [6.45, 7) is 2.56. The minimum atomic E-state index is -0.0682. The number of likely N-dealkylation sites (tertiary alicyclic amines) is 1. The van der Waals surface area contributed by atoms with E-state index in [1.807, 2.05) is 35.4 Å². The zero-order chi connectivity index (χ0) is 18.6. The molecule has 1 saturated carbocycles. The van der Waals surface area contributed by atoms with Gasteiger partial charge in [-0.1, -0.05) is 18.6 Å². The standard InChI is InChI=1S/C21H28N4O2/c1-27-19-10-3-2-9-18(19)23-21(26)25-12-5-8-17(15-25)20-22-11-13-24(20)14-16-6-4-7-16/h2-3,9-11,13,16-17H,4-8,12,14-15H2,1H3,(H,23,26)/t17-/m1/s1. The third-order valence-corrected chi connectivity index (χ3v) is 5.85. The second-order valence-electron chi connectivity index (χ2n) is 7.65. The van der Waals surface area contributed by atoms with E-state index >= 15 is 0 Å². The lowest BCUT2D eigenvalue weighted by Crippen LogP contribution is -2.42. The Balaban J connectivity index is 1.42. The van der Waals surface area contributed by atoms with Gasteiger partial charge in [-0.25, -0.2) is 9.78 Å². The van der Waals surface area contributed by atoms with Crippen LogP contribution in [0.4, 0.5) is 10.5 Å². The Labute approximate surface area is 160 Å². The molecule has 1 atom stereocenters. The average Bonchev–Trinajstić information content (AvgIpc) is 3.13. The number of imidazole rings is 1. The Morgan fingerprint density at radius 3 is 2.89 bits per heavy atom. The van der Waals surface area contributed by atoms with E-state index in [1.54, 1.807) is 7.11 Å². The minimum Gasteiger partial charge on any atom is -0.495 e. The van der Waals surface area contributed by atoms with E-state index in [1.165, 1.54) is 19.3 Å². The van der Waals surface area contributed by atoms with Crippen LogP contribution in [0.1, 0.15) is 43.8 Å². The number of methoxy groups -OCH3 is 1. The van der Waals surface area contributed by atoms with Gasteiger partial charge in [-0.15, -0.1) is 0 Å². The Morgan fingerprint density at radius 2 is 2.11 bits per heavy atom. The lowest BCUT2D eigenvalue weighted by atomic mass is 9.85. The maximum atomic E-state index is 12.8. The van der Waals surface area contributed by atoms with Crippen LogP contribution in [0.2, 0.25) is 0 Å². The normalized spacial score (nSPS) is 20.2. The third-order valence-electron chi connectivity index (χ3n) is 5.85. The molecule has 1 N–H and O–H groups in total. The molecule has 6 heteroatoms. The maximum Gasteiger partial charge on any atom is 0.321 e. The van der Waals surface area contributed by atoms with Crippen LogP contribution in [-0.2, 0) is 6.54 Å². The molecular weight excluding hydrogens is 340 g/mol. The van der Waals surface area contributed by atoms with Crippen molar-refractivity contribution in [2.75, 3.05) is 25.5 Å². The molecule has 1 aliphatic carbocycles. The molecule has 1 aliphatic heterocycles. The van der Waals surface area contributed by atoms with Crippen molar-refractivity contribution in [1.82, 2.24) is 14.5 Å². The Bertz CT molecular complexity index is 784. The first-order valence-electron chi connectivity index (χ1n) is 9.94. The van der Waals surface area contributed by atoms with Crippen LogP contribution in [0.3, 0.4) is 0 Å². The number of hydrogen-bond acceptors (Lipinski definition) is 3. The van der Waals surface area contributed by atoms with Crippen LogP contribution in [0.25, 0.3) is 0 Å². The van der Waals surface area contributed by atoms with Crippen LogP contribution in [0.5, 0.6) is 5.75 Å². The summed E-state index contributed by atoms with van der Waals surface area (Å²) in [7, 11) is 1.61. The predicted molar refractivity (Wildman–Crippen MR) is 105 cm³/mol. The van der Waals surface area contributed by atoms with Gasteiger partial charge in [-0.2, -0.15) is 0 Å². The first-order chi connectivity index (χ1) is 13.2. The van der Waals surface area contributed by atoms with Gasteiger partial charge in [-0.3, -0.25) is 0 Å². The number of nitrogens with zero attached hydrogens (tertiary/aromatic N) is 3. The van der Waals surface area contributed by atoms with E-state index < -0.39 is 0 Å². The van der Waals surface area contributed by atoms with Crippen molar-refractivity contribution >= 4 is 11.7 Å². The number of aromatic nitrogens is 2. The summed E-state index contributed by atoms with van der Waals surface area (Å²) in [5, 5.41) is 3.00. The minimum absolute atomic E-state index is 0.0682. The Morgan fingerprint density at radius 1 is 1.26 bits per heavy atom. The van der Waals surface area contributed by atoms with Gasteiger partial charge in [0.1, 0.15) is 11.6 Å². The van der Waals surface area contributed by atoms with Gasteiger partial charge in [0.25, 0.3) is 0 Å². The van der Waals surface area contributed by atoms with Crippen molar-refractivity contribution in [3.05, 3.63) is 42.5 Å². The number of hydrogen-bond donors (Lipinski definition) is 1. The maximum absolute atomic E-state index is 12.8. The second kappa shape index (κ2) is 8.03. The molecule has 1 aromatic carbocycles. The van der Waals surface area contributed by atoms with E-state index in [2.05, 4.69) is 21.1 Å². The number of benzene rings is 1. The number of nitrogens with one attached hydrogen (secondary N) is 1. The fourth-order valence-corrected chi connectivity index (χ4v) is 4.10. The van der Waals surface area contributed by atoms with Crippen LogP contribution in [0, 0.1) is 5.92 Å². The molecule has 2 aromatic rings. The SMILES string of the molecule is COc1ccccc1NC(=O)N1CCC[C@@H](c2nccn2CC2CCC2)C1. The van der Waals surface area contributed by atoms with Crippen LogP contribution in [-0.4, -0.2) is 40.7 Å². The van der Waals surface area contributed by atoms with Crippen molar-refractivity contribution < 1.29 is 9.53 Å². The van der Waals surface area contributed by atoms with Crippen molar-refractivity contribution in [2.24, 2.45) is 5.92 Å². The smallest absolute Gasteiger partial charge is 0.321 e. The van der Waals surface area contributed by atoms with Gasteiger partial charge in [-0.05, 0) is 43.7 Å². The number of urea groups is 1. The zero-order valence-electron chi connectivity index (χ0n) is 15.9. The van der Waals surface area contributed by atoms with Gasteiger partial charge in [0.2, 0.25) is 0 Å². The molecule has 2 fully saturated rings. The first-order valence-corrected chi connectivity index (χ1v) is 9.94. The summed E-state index contributed by atoms with van der Waals surface area (Å²) in [4.78, 5) is 19.3. The molecule has 0 radical (unpaired) electrons. The molecule has 0 bridgehead atoms. The molecule has 0 unspecified atom stereocenters. The van der Waals surface area contributed by atoms with Gasteiger partial charge >= 0.3 is 6.03 Å². The van der Waals surface area contributed by atoms with Crippen molar-refractivity contribution in [3.8, 4) is 5.75 Å². The summed E-state index contributed by atoms with van der Waals surface area (Å²) < 4.78 is 7.65. The van der Waals surface area contributed by atoms with E-state index in [0.717, 1.165) is 37.7 Å². The number of rotatable bonds is 5. The third kappa shape index (κ3) is 3.94. The quantitative estimate of drug-likeness (QED) is 0.864. The highest BCUT2D eigenvalue weighted by Gasteiger charge is 2.29. The topological polar surface area (TPSA) is 59.4 Å². The number of piperidine rings is 1. The van der Waals surface area contributed by atoms with Crippen molar-refractivity contribution in [3.63, 3.8) is 0 Å². The van der Waals surface area contributed by atoms with E-state index in [-0.39, 0.29) is 6.03 Å². The van der Waals surface area contributed by atoms with Gasteiger partial charge in [0.15, 0.2) is 0 Å². The number of carbonyl (C=O) groups is 1. The highest BCUT2D eigenvalue weighted by molar-refractivity contribution is 5.91. The fourth-order valence-electron chi connectivity index (χ4n) is 4.10. The summed E-state index contributed by atoms with van der Waals surface area (Å²) in [6, 6.07) is 7.44. The predicted octanol–water partition coefficient (Wildman–Crippen LogP) is 4.10. The Hall–Kier alpha value is -2.50. The summed E-state index contributed by atoms with van der Waals surface area (Å²) >= 11 is 0. The number of carbonyl (C=O) groups excluding carboxylic acids is 1.